The van der Waals surface area contributed by atoms with Gasteiger partial charge >= 0.3 is 5.97 Å². The maximum absolute atomic E-state index is 10.6. The summed E-state index contributed by atoms with van der Waals surface area (Å²) in [7, 11) is 0. The standard InChI is InChI=1S/C9H10N6O2S/c1-5-3-10-6(2)8(11-5)18-9-12-13-14-15(9)4-7(16)17/h3H,4H2,1-2H3,(H,16,17). The number of aromatic nitrogens is 6. The van der Waals surface area contributed by atoms with E-state index in [1.54, 1.807) is 6.20 Å². The van der Waals surface area contributed by atoms with E-state index in [0.29, 0.717) is 10.2 Å². The zero-order valence-electron chi connectivity index (χ0n) is 9.73. The lowest BCUT2D eigenvalue weighted by Gasteiger charge is -2.04. The molecule has 0 aliphatic heterocycles. The molecule has 0 aliphatic carbocycles. The van der Waals surface area contributed by atoms with E-state index in [4.69, 9.17) is 5.11 Å². The Balaban J connectivity index is 2.26. The highest BCUT2D eigenvalue weighted by Gasteiger charge is 2.13. The molecule has 2 heterocycles. The lowest BCUT2D eigenvalue weighted by Crippen LogP contribution is -2.11. The number of hydrogen-bond acceptors (Lipinski definition) is 7. The van der Waals surface area contributed by atoms with Crippen molar-refractivity contribution in [2.75, 3.05) is 0 Å². The Morgan fingerprint density at radius 3 is 3.00 bits per heavy atom. The summed E-state index contributed by atoms with van der Waals surface area (Å²) in [4.78, 5) is 19.1. The average Bonchev–Trinajstić information content (AvgIpc) is 2.70. The van der Waals surface area contributed by atoms with Crippen molar-refractivity contribution in [3.05, 3.63) is 17.6 Å². The van der Waals surface area contributed by atoms with Crippen LogP contribution in [0.25, 0.3) is 0 Å². The van der Waals surface area contributed by atoms with Gasteiger partial charge in [0.05, 0.1) is 11.4 Å². The van der Waals surface area contributed by atoms with E-state index in [9.17, 15) is 4.79 Å². The summed E-state index contributed by atoms with van der Waals surface area (Å²) >= 11 is 1.19. The number of carboxylic acid groups (broad SMARTS) is 1. The summed E-state index contributed by atoms with van der Waals surface area (Å²) in [5.74, 6) is -1.00. The second kappa shape index (κ2) is 5.08. The van der Waals surface area contributed by atoms with Crippen LogP contribution in [-0.4, -0.2) is 41.3 Å². The van der Waals surface area contributed by atoms with Crippen LogP contribution in [0.5, 0.6) is 0 Å². The molecule has 0 atom stereocenters. The number of aliphatic carboxylic acids is 1. The Bertz CT molecular complexity index is 584. The van der Waals surface area contributed by atoms with Gasteiger partial charge in [-0.25, -0.2) is 9.67 Å². The van der Waals surface area contributed by atoms with Crippen LogP contribution in [0, 0.1) is 13.8 Å². The van der Waals surface area contributed by atoms with Gasteiger partial charge in [0.2, 0.25) is 5.16 Å². The molecular formula is C9H10N6O2S. The summed E-state index contributed by atoms with van der Waals surface area (Å²) < 4.78 is 1.20. The van der Waals surface area contributed by atoms with Crippen molar-refractivity contribution in [3.63, 3.8) is 0 Å². The SMILES string of the molecule is Cc1cnc(C)c(Sc2nnnn2CC(=O)O)n1. The molecule has 0 aromatic carbocycles. The van der Waals surface area contributed by atoms with Gasteiger partial charge in [-0.05, 0) is 36.0 Å². The number of nitrogens with zero attached hydrogens (tertiary/aromatic N) is 6. The molecule has 18 heavy (non-hydrogen) atoms. The molecule has 0 spiro atoms. The molecule has 0 radical (unpaired) electrons. The summed E-state index contributed by atoms with van der Waals surface area (Å²) in [6.45, 7) is 3.37. The minimum atomic E-state index is -1.00. The molecular weight excluding hydrogens is 256 g/mol. The Hall–Kier alpha value is -2.03. The molecule has 2 rings (SSSR count). The Morgan fingerprint density at radius 1 is 1.50 bits per heavy atom. The number of tetrazole rings is 1. The normalized spacial score (nSPS) is 10.6. The van der Waals surface area contributed by atoms with Gasteiger partial charge in [-0.2, -0.15) is 0 Å². The summed E-state index contributed by atoms with van der Waals surface area (Å²) in [6, 6.07) is 0. The predicted molar refractivity (Wildman–Crippen MR) is 61.1 cm³/mol. The van der Waals surface area contributed by atoms with Gasteiger partial charge < -0.3 is 5.11 Å². The fraction of sp³-hybridized carbons (Fsp3) is 0.333. The van der Waals surface area contributed by atoms with Crippen LogP contribution in [0.15, 0.2) is 16.4 Å². The van der Waals surface area contributed by atoms with E-state index in [0.717, 1.165) is 11.4 Å². The van der Waals surface area contributed by atoms with E-state index >= 15 is 0 Å². The van der Waals surface area contributed by atoms with Gasteiger partial charge in [0, 0.05) is 6.20 Å². The summed E-state index contributed by atoms with van der Waals surface area (Å²) in [5, 5.41) is 20.6. The van der Waals surface area contributed by atoms with Crippen LogP contribution in [0.3, 0.4) is 0 Å². The quantitative estimate of drug-likeness (QED) is 0.842. The van der Waals surface area contributed by atoms with Crippen molar-refractivity contribution in [2.45, 2.75) is 30.6 Å². The molecule has 0 saturated heterocycles. The van der Waals surface area contributed by atoms with Crippen LogP contribution in [0.1, 0.15) is 11.4 Å². The van der Waals surface area contributed by atoms with Gasteiger partial charge in [0.15, 0.2) is 0 Å². The smallest absolute Gasteiger partial charge is 0.325 e. The minimum Gasteiger partial charge on any atom is -0.480 e. The molecule has 0 bridgehead atoms. The number of rotatable bonds is 4. The molecule has 2 aromatic heterocycles. The Kier molecular flexibility index (Phi) is 3.51. The number of aryl methyl sites for hydroxylation is 2. The van der Waals surface area contributed by atoms with Gasteiger partial charge in [0.1, 0.15) is 11.6 Å². The van der Waals surface area contributed by atoms with Gasteiger partial charge in [-0.15, -0.1) is 5.10 Å². The first-order chi connectivity index (χ1) is 8.56. The molecule has 0 saturated carbocycles. The van der Waals surface area contributed by atoms with Gasteiger partial charge in [0.25, 0.3) is 0 Å². The van der Waals surface area contributed by atoms with Crippen LogP contribution in [0.2, 0.25) is 0 Å². The topological polar surface area (TPSA) is 107 Å². The third-order valence-electron chi connectivity index (χ3n) is 2.00. The lowest BCUT2D eigenvalue weighted by atomic mass is 10.4. The maximum atomic E-state index is 10.6. The number of carboxylic acids is 1. The third-order valence-corrected chi connectivity index (χ3v) is 3.06. The van der Waals surface area contributed by atoms with Crippen molar-refractivity contribution in [3.8, 4) is 0 Å². The molecule has 9 heteroatoms. The van der Waals surface area contributed by atoms with Crippen molar-refractivity contribution in [1.82, 2.24) is 30.2 Å². The highest BCUT2D eigenvalue weighted by Crippen LogP contribution is 2.25. The van der Waals surface area contributed by atoms with Crippen molar-refractivity contribution in [1.29, 1.82) is 0 Å². The van der Waals surface area contributed by atoms with E-state index in [-0.39, 0.29) is 6.54 Å². The van der Waals surface area contributed by atoms with E-state index in [1.807, 2.05) is 13.8 Å². The largest absolute Gasteiger partial charge is 0.480 e. The van der Waals surface area contributed by atoms with Crippen molar-refractivity contribution >= 4 is 17.7 Å². The van der Waals surface area contributed by atoms with E-state index < -0.39 is 5.97 Å². The average molecular weight is 266 g/mol. The number of carbonyl (C=O) groups is 1. The lowest BCUT2D eigenvalue weighted by molar-refractivity contribution is -0.138. The van der Waals surface area contributed by atoms with E-state index in [1.165, 1.54) is 16.4 Å². The fourth-order valence-electron chi connectivity index (χ4n) is 1.20. The molecule has 0 aliphatic rings. The highest BCUT2D eigenvalue weighted by atomic mass is 32.2. The first-order valence-corrected chi connectivity index (χ1v) is 5.84. The van der Waals surface area contributed by atoms with Crippen LogP contribution in [0.4, 0.5) is 0 Å². The van der Waals surface area contributed by atoms with Gasteiger partial charge in [-0.1, -0.05) is 0 Å². The third kappa shape index (κ3) is 2.80. The molecule has 0 unspecified atom stereocenters. The second-order valence-electron chi connectivity index (χ2n) is 3.52. The zero-order chi connectivity index (χ0) is 13.1. The monoisotopic (exact) mass is 266 g/mol. The zero-order valence-corrected chi connectivity index (χ0v) is 10.5. The van der Waals surface area contributed by atoms with Crippen LogP contribution < -0.4 is 0 Å². The summed E-state index contributed by atoms with van der Waals surface area (Å²) in [5.41, 5.74) is 1.52. The van der Waals surface area contributed by atoms with Crippen LogP contribution in [-0.2, 0) is 11.3 Å². The number of hydrogen-bond donors (Lipinski definition) is 1. The van der Waals surface area contributed by atoms with E-state index in [2.05, 4.69) is 25.5 Å². The molecule has 0 amide bonds. The minimum absolute atomic E-state index is 0.284. The molecule has 8 nitrogen and oxygen atoms in total. The molecule has 1 N–H and O–H groups in total. The maximum Gasteiger partial charge on any atom is 0.325 e. The molecule has 94 valence electrons. The first kappa shape index (κ1) is 12.4. The van der Waals surface area contributed by atoms with Crippen LogP contribution >= 0.6 is 11.8 Å². The summed E-state index contributed by atoms with van der Waals surface area (Å²) in [6.07, 6.45) is 1.67. The second-order valence-corrected chi connectivity index (χ2v) is 4.47. The first-order valence-electron chi connectivity index (χ1n) is 5.02. The van der Waals surface area contributed by atoms with Crippen molar-refractivity contribution < 1.29 is 9.90 Å². The van der Waals surface area contributed by atoms with Crippen molar-refractivity contribution in [2.24, 2.45) is 0 Å². The Morgan fingerprint density at radius 2 is 2.28 bits per heavy atom. The van der Waals surface area contributed by atoms with Gasteiger partial charge in [-0.3, -0.25) is 9.78 Å². The predicted octanol–water partition coefficient (Wildman–Crippen LogP) is 0.316. The highest BCUT2D eigenvalue weighted by molar-refractivity contribution is 7.99. The fourth-order valence-corrected chi connectivity index (χ4v) is 2.04. The molecule has 0 fully saturated rings. The molecule has 2 aromatic rings. The Labute approximate surface area is 106 Å².